The van der Waals surface area contributed by atoms with Crippen molar-refractivity contribution in [3.8, 4) is 0 Å². The lowest BCUT2D eigenvalue weighted by molar-refractivity contribution is 0.0651. The molecule has 6 heteroatoms. The number of carbonyl (C=O) groups is 2. The highest BCUT2D eigenvalue weighted by Gasteiger charge is 2.34. The van der Waals surface area contributed by atoms with E-state index in [1.54, 1.807) is 35.1 Å². The SMILES string of the molecule is O=C1c2ccccc2C(=O)N1CCCCCn1ccnn1. The number of rotatable bonds is 6. The second-order valence-corrected chi connectivity index (χ2v) is 5.03. The first-order chi connectivity index (χ1) is 10.3. The van der Waals surface area contributed by atoms with Crippen LogP contribution in [0.1, 0.15) is 40.0 Å². The van der Waals surface area contributed by atoms with Gasteiger partial charge in [0.25, 0.3) is 11.8 Å². The summed E-state index contributed by atoms with van der Waals surface area (Å²) in [7, 11) is 0. The maximum atomic E-state index is 12.1. The standard InChI is InChI=1S/C15H16N4O2/c20-14-12-6-2-3-7-13(12)15(21)19(14)10-5-1-4-9-18-11-8-16-17-18/h2-3,6-8,11H,1,4-5,9-10H2. The van der Waals surface area contributed by atoms with E-state index in [9.17, 15) is 9.59 Å². The Morgan fingerprint density at radius 3 is 2.19 bits per heavy atom. The number of unbranched alkanes of at least 4 members (excludes halogenated alkanes) is 2. The molecule has 2 heterocycles. The fraction of sp³-hybridized carbons (Fsp3) is 0.333. The number of fused-ring (bicyclic) bond motifs is 1. The number of imide groups is 1. The van der Waals surface area contributed by atoms with Crippen molar-refractivity contribution >= 4 is 11.8 Å². The van der Waals surface area contributed by atoms with Gasteiger partial charge in [-0.25, -0.2) is 0 Å². The summed E-state index contributed by atoms with van der Waals surface area (Å²) in [5.74, 6) is -0.348. The molecule has 6 nitrogen and oxygen atoms in total. The zero-order chi connectivity index (χ0) is 14.7. The number of carbonyl (C=O) groups excluding carboxylic acids is 2. The molecular weight excluding hydrogens is 268 g/mol. The van der Waals surface area contributed by atoms with Crippen LogP contribution >= 0.6 is 0 Å². The number of aryl methyl sites for hydroxylation is 1. The third-order valence-electron chi connectivity index (χ3n) is 3.62. The molecule has 0 atom stereocenters. The Balaban J connectivity index is 1.48. The Hall–Kier alpha value is -2.50. The normalized spacial score (nSPS) is 13.8. The van der Waals surface area contributed by atoms with Crippen LogP contribution in [0.3, 0.4) is 0 Å². The van der Waals surface area contributed by atoms with Gasteiger partial charge in [0.15, 0.2) is 0 Å². The average Bonchev–Trinajstić information content (AvgIpc) is 3.10. The highest BCUT2D eigenvalue weighted by Crippen LogP contribution is 2.22. The zero-order valence-corrected chi connectivity index (χ0v) is 11.6. The molecule has 2 amide bonds. The molecule has 0 saturated heterocycles. The Morgan fingerprint density at radius 2 is 1.57 bits per heavy atom. The second kappa shape index (κ2) is 5.87. The molecule has 1 aromatic heterocycles. The molecule has 0 radical (unpaired) electrons. The minimum atomic E-state index is -0.174. The van der Waals surface area contributed by atoms with Gasteiger partial charge >= 0.3 is 0 Å². The fourth-order valence-electron chi connectivity index (χ4n) is 2.51. The van der Waals surface area contributed by atoms with Crippen molar-refractivity contribution in [2.75, 3.05) is 6.54 Å². The fourth-order valence-corrected chi connectivity index (χ4v) is 2.51. The summed E-state index contributed by atoms with van der Waals surface area (Å²) in [6, 6.07) is 6.98. The van der Waals surface area contributed by atoms with Gasteiger partial charge in [-0.2, -0.15) is 0 Å². The van der Waals surface area contributed by atoms with Crippen LogP contribution in [0.2, 0.25) is 0 Å². The molecule has 3 rings (SSSR count). The lowest BCUT2D eigenvalue weighted by Gasteiger charge is -2.13. The van der Waals surface area contributed by atoms with E-state index in [0.717, 1.165) is 25.8 Å². The van der Waals surface area contributed by atoms with E-state index >= 15 is 0 Å². The van der Waals surface area contributed by atoms with Crippen LogP contribution in [0.4, 0.5) is 0 Å². The smallest absolute Gasteiger partial charge is 0.261 e. The molecule has 1 aromatic carbocycles. The molecule has 0 spiro atoms. The number of hydrogen-bond acceptors (Lipinski definition) is 4. The molecule has 0 bridgehead atoms. The van der Waals surface area contributed by atoms with Gasteiger partial charge < -0.3 is 0 Å². The first kappa shape index (κ1) is 13.5. The van der Waals surface area contributed by atoms with E-state index in [0.29, 0.717) is 17.7 Å². The quantitative estimate of drug-likeness (QED) is 0.598. The van der Waals surface area contributed by atoms with E-state index < -0.39 is 0 Å². The summed E-state index contributed by atoms with van der Waals surface area (Å²) < 4.78 is 1.78. The third kappa shape index (κ3) is 2.69. The van der Waals surface area contributed by atoms with Crippen molar-refractivity contribution in [3.05, 3.63) is 47.8 Å². The summed E-state index contributed by atoms with van der Waals surface area (Å²) >= 11 is 0. The van der Waals surface area contributed by atoms with Gasteiger partial charge in [-0.1, -0.05) is 17.3 Å². The minimum absolute atomic E-state index is 0.174. The Labute approximate surface area is 122 Å². The predicted molar refractivity (Wildman–Crippen MR) is 75.7 cm³/mol. The summed E-state index contributed by atoms with van der Waals surface area (Å²) in [5.41, 5.74) is 1.04. The lowest BCUT2D eigenvalue weighted by Crippen LogP contribution is -2.30. The molecule has 21 heavy (non-hydrogen) atoms. The van der Waals surface area contributed by atoms with E-state index in [2.05, 4.69) is 10.3 Å². The average molecular weight is 284 g/mol. The molecule has 1 aliphatic rings. The maximum Gasteiger partial charge on any atom is 0.261 e. The van der Waals surface area contributed by atoms with E-state index in [4.69, 9.17) is 0 Å². The van der Waals surface area contributed by atoms with Crippen LogP contribution in [-0.2, 0) is 6.54 Å². The maximum absolute atomic E-state index is 12.1. The number of nitrogens with zero attached hydrogens (tertiary/aromatic N) is 4. The summed E-state index contributed by atoms with van der Waals surface area (Å²) in [6.45, 7) is 1.28. The van der Waals surface area contributed by atoms with Crippen molar-refractivity contribution in [3.63, 3.8) is 0 Å². The van der Waals surface area contributed by atoms with Crippen molar-refractivity contribution in [1.82, 2.24) is 19.9 Å². The highest BCUT2D eigenvalue weighted by molar-refractivity contribution is 6.21. The van der Waals surface area contributed by atoms with Crippen molar-refractivity contribution in [1.29, 1.82) is 0 Å². The van der Waals surface area contributed by atoms with Gasteiger partial charge in [0.2, 0.25) is 0 Å². The van der Waals surface area contributed by atoms with Gasteiger partial charge in [-0.05, 0) is 31.4 Å². The van der Waals surface area contributed by atoms with Crippen molar-refractivity contribution < 1.29 is 9.59 Å². The van der Waals surface area contributed by atoms with Crippen LogP contribution in [0.15, 0.2) is 36.7 Å². The molecule has 0 N–H and O–H groups in total. The first-order valence-electron chi connectivity index (χ1n) is 7.06. The number of benzene rings is 1. The van der Waals surface area contributed by atoms with Crippen LogP contribution in [0.5, 0.6) is 0 Å². The van der Waals surface area contributed by atoms with E-state index in [1.165, 1.54) is 4.90 Å². The van der Waals surface area contributed by atoms with Crippen LogP contribution in [0.25, 0.3) is 0 Å². The van der Waals surface area contributed by atoms with Gasteiger partial charge in [0.05, 0.1) is 17.3 Å². The van der Waals surface area contributed by atoms with Gasteiger partial charge in [0, 0.05) is 19.3 Å². The summed E-state index contributed by atoms with van der Waals surface area (Å²) in [4.78, 5) is 25.6. The van der Waals surface area contributed by atoms with Crippen molar-refractivity contribution in [2.45, 2.75) is 25.8 Å². The molecule has 108 valence electrons. The topological polar surface area (TPSA) is 68.1 Å². The second-order valence-electron chi connectivity index (χ2n) is 5.03. The van der Waals surface area contributed by atoms with Crippen LogP contribution in [0, 0.1) is 0 Å². The van der Waals surface area contributed by atoms with Gasteiger partial charge in [-0.15, -0.1) is 5.10 Å². The molecule has 0 saturated carbocycles. The predicted octanol–water partition coefficient (Wildman–Crippen LogP) is 1.74. The largest absolute Gasteiger partial charge is 0.274 e. The molecule has 0 aliphatic carbocycles. The van der Waals surface area contributed by atoms with Gasteiger partial charge in [0.1, 0.15) is 0 Å². The number of hydrogen-bond donors (Lipinski definition) is 0. The number of aromatic nitrogens is 3. The number of amides is 2. The minimum Gasteiger partial charge on any atom is -0.274 e. The first-order valence-corrected chi connectivity index (χ1v) is 7.06. The lowest BCUT2D eigenvalue weighted by atomic mass is 10.1. The summed E-state index contributed by atoms with van der Waals surface area (Å²) in [5, 5.41) is 7.63. The van der Waals surface area contributed by atoms with E-state index in [-0.39, 0.29) is 11.8 Å². The third-order valence-corrected chi connectivity index (χ3v) is 3.62. The van der Waals surface area contributed by atoms with Gasteiger partial charge in [-0.3, -0.25) is 19.2 Å². The highest BCUT2D eigenvalue weighted by atomic mass is 16.2. The van der Waals surface area contributed by atoms with E-state index in [1.807, 2.05) is 6.20 Å². The summed E-state index contributed by atoms with van der Waals surface area (Å²) in [6.07, 6.45) is 6.17. The monoisotopic (exact) mass is 284 g/mol. The van der Waals surface area contributed by atoms with Crippen molar-refractivity contribution in [2.24, 2.45) is 0 Å². The Bertz CT molecular complexity index is 616. The Kier molecular flexibility index (Phi) is 3.77. The molecule has 2 aromatic rings. The molecule has 0 unspecified atom stereocenters. The van der Waals surface area contributed by atoms with Crippen LogP contribution in [-0.4, -0.2) is 38.3 Å². The van der Waals surface area contributed by atoms with Crippen LogP contribution < -0.4 is 0 Å². The zero-order valence-electron chi connectivity index (χ0n) is 11.6. The Morgan fingerprint density at radius 1 is 0.905 bits per heavy atom. The molecular formula is C15H16N4O2. The molecule has 0 fully saturated rings. The molecule has 1 aliphatic heterocycles.